The van der Waals surface area contributed by atoms with Crippen LogP contribution in [0.5, 0.6) is 0 Å². The zero-order valence-corrected chi connectivity index (χ0v) is 13.7. The summed E-state index contributed by atoms with van der Waals surface area (Å²) in [7, 11) is -3.15. The molecule has 0 aromatic carbocycles. The van der Waals surface area contributed by atoms with E-state index < -0.39 is 10.0 Å². The number of anilines is 1. The molecule has 3 heterocycles. The third-order valence-electron chi connectivity index (χ3n) is 3.78. The molecule has 2 aromatic heterocycles. The minimum absolute atomic E-state index is 0.0225. The van der Waals surface area contributed by atoms with Gasteiger partial charge in [0.1, 0.15) is 5.82 Å². The van der Waals surface area contributed by atoms with Crippen LogP contribution >= 0.6 is 11.6 Å². The molecular formula is C14H17ClN4O2S. The van der Waals surface area contributed by atoms with Gasteiger partial charge in [0.2, 0.25) is 10.0 Å². The number of hydrogen-bond acceptors (Lipinski definition) is 5. The molecule has 8 heteroatoms. The van der Waals surface area contributed by atoms with Crippen molar-refractivity contribution in [1.29, 1.82) is 0 Å². The van der Waals surface area contributed by atoms with E-state index in [9.17, 15) is 8.42 Å². The lowest BCUT2D eigenvalue weighted by atomic mass is 10.2. The van der Waals surface area contributed by atoms with Crippen molar-refractivity contribution in [2.24, 2.45) is 0 Å². The van der Waals surface area contributed by atoms with Crippen LogP contribution < -0.4 is 5.32 Å². The van der Waals surface area contributed by atoms with Gasteiger partial charge in [0.25, 0.3) is 0 Å². The molecule has 0 bridgehead atoms. The summed E-state index contributed by atoms with van der Waals surface area (Å²) in [5.41, 5.74) is 0.612. The van der Waals surface area contributed by atoms with Crippen LogP contribution in [0, 0.1) is 0 Å². The number of pyridine rings is 2. The van der Waals surface area contributed by atoms with Gasteiger partial charge in [-0.05, 0) is 31.0 Å². The molecule has 0 saturated carbocycles. The Morgan fingerprint density at radius 1 is 1.45 bits per heavy atom. The minimum Gasteiger partial charge on any atom is -0.368 e. The van der Waals surface area contributed by atoms with Crippen LogP contribution in [-0.2, 0) is 10.0 Å². The average Bonchev–Trinajstić information content (AvgIpc) is 2.93. The van der Waals surface area contributed by atoms with E-state index in [1.807, 2.05) is 18.2 Å². The van der Waals surface area contributed by atoms with Crippen LogP contribution in [-0.4, -0.2) is 48.1 Å². The van der Waals surface area contributed by atoms with E-state index in [4.69, 9.17) is 11.6 Å². The van der Waals surface area contributed by atoms with Crippen LogP contribution in [0.25, 0.3) is 11.0 Å². The molecule has 1 saturated heterocycles. The van der Waals surface area contributed by atoms with Gasteiger partial charge >= 0.3 is 0 Å². The van der Waals surface area contributed by atoms with Crippen molar-refractivity contribution in [3.05, 3.63) is 29.4 Å². The number of aromatic nitrogens is 2. The van der Waals surface area contributed by atoms with Gasteiger partial charge in [-0.25, -0.2) is 18.4 Å². The number of fused-ring (bicyclic) bond motifs is 1. The van der Waals surface area contributed by atoms with Crippen molar-refractivity contribution >= 4 is 38.5 Å². The van der Waals surface area contributed by atoms with Gasteiger partial charge < -0.3 is 5.32 Å². The van der Waals surface area contributed by atoms with Crippen molar-refractivity contribution in [2.45, 2.75) is 18.9 Å². The first-order valence-corrected chi connectivity index (χ1v) is 9.29. The molecule has 0 aliphatic carbocycles. The lowest BCUT2D eigenvalue weighted by molar-refractivity contribution is 0.402. The summed E-state index contributed by atoms with van der Waals surface area (Å²) in [6.45, 7) is 1.13. The summed E-state index contributed by atoms with van der Waals surface area (Å²) in [6.07, 6.45) is 4.57. The molecule has 1 aliphatic rings. The Balaban J connectivity index is 1.72. The van der Waals surface area contributed by atoms with Crippen LogP contribution in [0.2, 0.25) is 5.02 Å². The smallest absolute Gasteiger partial charge is 0.211 e. The molecule has 1 fully saturated rings. The molecule has 1 aliphatic heterocycles. The van der Waals surface area contributed by atoms with E-state index in [0.717, 1.165) is 18.2 Å². The summed E-state index contributed by atoms with van der Waals surface area (Å²) < 4.78 is 25.0. The molecule has 6 nitrogen and oxygen atoms in total. The normalized spacial score (nSPS) is 19.6. The summed E-state index contributed by atoms with van der Waals surface area (Å²) in [5.74, 6) is 0.683. The van der Waals surface area contributed by atoms with Gasteiger partial charge in [-0.3, -0.25) is 0 Å². The lowest BCUT2D eigenvalue weighted by Crippen LogP contribution is -2.38. The van der Waals surface area contributed by atoms with E-state index in [2.05, 4.69) is 15.3 Å². The number of rotatable bonds is 4. The molecule has 0 amide bonds. The second-order valence-electron chi connectivity index (χ2n) is 5.45. The first-order chi connectivity index (χ1) is 10.4. The lowest BCUT2D eigenvalue weighted by Gasteiger charge is -2.22. The minimum atomic E-state index is -3.15. The van der Waals surface area contributed by atoms with Gasteiger partial charge in [-0.15, -0.1) is 0 Å². The van der Waals surface area contributed by atoms with Crippen LogP contribution in [0.1, 0.15) is 12.8 Å². The zero-order chi connectivity index (χ0) is 15.7. The maximum Gasteiger partial charge on any atom is 0.211 e. The summed E-state index contributed by atoms with van der Waals surface area (Å²) in [4.78, 5) is 8.60. The number of halogens is 1. The molecule has 2 aromatic rings. The molecule has 118 valence electrons. The summed E-state index contributed by atoms with van der Waals surface area (Å²) in [6, 6.07) is 5.53. The Hall–Kier alpha value is -1.44. The van der Waals surface area contributed by atoms with Gasteiger partial charge in [-0.1, -0.05) is 11.6 Å². The molecule has 0 spiro atoms. The highest BCUT2D eigenvalue weighted by Gasteiger charge is 2.31. The highest BCUT2D eigenvalue weighted by Crippen LogP contribution is 2.21. The SMILES string of the molecule is CS(=O)(=O)N1CCC[C@@H]1CNc1ccc2cc(Cl)cnc2n1. The highest BCUT2D eigenvalue weighted by atomic mass is 35.5. The summed E-state index contributed by atoms with van der Waals surface area (Å²) in [5, 5.41) is 4.65. The molecule has 3 rings (SSSR count). The predicted molar refractivity (Wildman–Crippen MR) is 87.6 cm³/mol. The number of nitrogens with zero attached hydrogens (tertiary/aromatic N) is 3. The fourth-order valence-corrected chi connectivity index (χ4v) is 4.10. The Labute approximate surface area is 134 Å². The molecule has 22 heavy (non-hydrogen) atoms. The summed E-state index contributed by atoms with van der Waals surface area (Å²) >= 11 is 5.90. The van der Waals surface area contributed by atoms with Crippen LogP contribution in [0.15, 0.2) is 24.4 Å². The highest BCUT2D eigenvalue weighted by molar-refractivity contribution is 7.88. The second-order valence-corrected chi connectivity index (χ2v) is 7.82. The number of sulfonamides is 1. The van der Waals surface area contributed by atoms with Gasteiger partial charge in [-0.2, -0.15) is 4.31 Å². The Morgan fingerprint density at radius 2 is 2.27 bits per heavy atom. The molecule has 0 radical (unpaired) electrons. The van der Waals surface area contributed by atoms with Gasteiger partial charge in [0.15, 0.2) is 5.65 Å². The zero-order valence-electron chi connectivity index (χ0n) is 12.2. The van der Waals surface area contributed by atoms with Crippen molar-refractivity contribution in [2.75, 3.05) is 24.7 Å². The van der Waals surface area contributed by atoms with Gasteiger partial charge in [0.05, 0.1) is 11.3 Å². The van der Waals surface area contributed by atoms with Crippen LogP contribution in [0.4, 0.5) is 5.82 Å². The van der Waals surface area contributed by atoms with Gasteiger partial charge in [0, 0.05) is 30.7 Å². The Bertz CT molecular complexity index is 797. The monoisotopic (exact) mass is 340 g/mol. The van der Waals surface area contributed by atoms with Crippen molar-refractivity contribution in [3.63, 3.8) is 0 Å². The molecular weight excluding hydrogens is 324 g/mol. The molecule has 1 N–H and O–H groups in total. The third-order valence-corrected chi connectivity index (χ3v) is 5.32. The van der Waals surface area contributed by atoms with E-state index in [1.165, 1.54) is 6.26 Å². The van der Waals surface area contributed by atoms with E-state index in [-0.39, 0.29) is 6.04 Å². The van der Waals surface area contributed by atoms with E-state index in [1.54, 1.807) is 10.5 Å². The Morgan fingerprint density at radius 3 is 3.05 bits per heavy atom. The largest absolute Gasteiger partial charge is 0.368 e. The predicted octanol–water partition coefficient (Wildman–Crippen LogP) is 2.12. The number of nitrogens with one attached hydrogen (secondary N) is 1. The molecule has 1 atom stereocenters. The number of hydrogen-bond donors (Lipinski definition) is 1. The topological polar surface area (TPSA) is 75.2 Å². The quantitative estimate of drug-likeness (QED) is 0.922. The standard InChI is InChI=1S/C14H17ClN4O2S/c1-22(20,21)19-6-2-3-12(19)9-16-13-5-4-10-7-11(15)8-17-14(10)18-13/h4-5,7-8,12H,2-3,6,9H2,1H3,(H,16,17,18)/t12-/m1/s1. The second kappa shape index (κ2) is 5.98. The van der Waals surface area contributed by atoms with E-state index in [0.29, 0.717) is 29.6 Å². The van der Waals surface area contributed by atoms with Crippen LogP contribution in [0.3, 0.4) is 0 Å². The van der Waals surface area contributed by atoms with Crippen molar-refractivity contribution in [3.8, 4) is 0 Å². The van der Waals surface area contributed by atoms with Crippen molar-refractivity contribution < 1.29 is 8.42 Å². The average molecular weight is 341 g/mol. The first kappa shape index (κ1) is 15.5. The molecule has 0 unspecified atom stereocenters. The third kappa shape index (κ3) is 3.31. The van der Waals surface area contributed by atoms with Crippen molar-refractivity contribution in [1.82, 2.24) is 14.3 Å². The Kier molecular flexibility index (Phi) is 4.20. The maximum absolute atomic E-state index is 11.7. The first-order valence-electron chi connectivity index (χ1n) is 7.06. The van der Waals surface area contributed by atoms with E-state index >= 15 is 0 Å². The fraction of sp³-hybridized carbons (Fsp3) is 0.429. The maximum atomic E-state index is 11.7. The fourth-order valence-electron chi connectivity index (χ4n) is 2.75.